The van der Waals surface area contributed by atoms with E-state index in [-0.39, 0.29) is 22.3 Å². The molecular weight excluding hydrogens is 316 g/mol. The maximum atomic E-state index is 12.1. The molecule has 2 amide bonds. The van der Waals surface area contributed by atoms with Gasteiger partial charge < -0.3 is 10.2 Å². The Kier molecular flexibility index (Phi) is 8.69. The Bertz CT molecular complexity index is 371. The Hall–Kier alpha value is -0.360. The summed E-state index contributed by atoms with van der Waals surface area (Å²) in [5, 5.41) is 3.21. The van der Waals surface area contributed by atoms with Crippen LogP contribution in [-0.4, -0.2) is 59.4 Å². The number of rotatable bonds is 7. The molecule has 1 saturated carbocycles. The number of amides is 2. The first-order chi connectivity index (χ1) is 10.4. The molecule has 1 rings (SSSR count). The molecule has 1 fully saturated rings. The van der Waals surface area contributed by atoms with Crippen molar-refractivity contribution in [2.45, 2.75) is 56.1 Å². The number of hydrogen-bond acceptors (Lipinski definition) is 4. The molecule has 6 heteroatoms. The van der Waals surface area contributed by atoms with Gasteiger partial charge >= 0.3 is 0 Å². The van der Waals surface area contributed by atoms with E-state index in [1.54, 1.807) is 23.5 Å². The van der Waals surface area contributed by atoms with E-state index in [0.29, 0.717) is 12.0 Å². The Morgan fingerprint density at radius 1 is 1.09 bits per heavy atom. The van der Waals surface area contributed by atoms with Crippen LogP contribution in [0.1, 0.15) is 39.5 Å². The third kappa shape index (κ3) is 6.03. The van der Waals surface area contributed by atoms with Gasteiger partial charge in [-0.25, -0.2) is 0 Å². The van der Waals surface area contributed by atoms with Crippen molar-refractivity contribution >= 4 is 35.3 Å². The quantitative estimate of drug-likeness (QED) is 0.770. The van der Waals surface area contributed by atoms with Crippen LogP contribution in [0.15, 0.2) is 0 Å². The highest BCUT2D eigenvalue weighted by molar-refractivity contribution is 8.00. The lowest BCUT2D eigenvalue weighted by molar-refractivity contribution is -0.129. The minimum Gasteiger partial charge on any atom is -0.352 e. The maximum Gasteiger partial charge on any atom is 0.235 e. The normalized spacial score (nSPS) is 24.4. The van der Waals surface area contributed by atoms with E-state index < -0.39 is 0 Å². The summed E-state index contributed by atoms with van der Waals surface area (Å²) in [6.45, 7) is 4.74. The van der Waals surface area contributed by atoms with E-state index in [0.717, 1.165) is 32.2 Å². The minimum absolute atomic E-state index is 0.0227. The Morgan fingerprint density at radius 2 is 1.64 bits per heavy atom. The van der Waals surface area contributed by atoms with Crippen molar-refractivity contribution in [1.82, 2.24) is 10.2 Å². The minimum atomic E-state index is 0.0227. The molecule has 0 aromatic carbocycles. The molecule has 0 radical (unpaired) electrons. The highest BCUT2D eigenvalue weighted by Crippen LogP contribution is 2.25. The lowest BCUT2D eigenvalue weighted by atomic mass is 9.85. The average Bonchev–Trinajstić information content (AvgIpc) is 2.54. The first-order valence-corrected chi connectivity index (χ1v) is 10.6. The third-order valence-electron chi connectivity index (χ3n) is 4.53. The molecule has 1 N–H and O–H groups in total. The maximum absolute atomic E-state index is 12.1. The van der Waals surface area contributed by atoms with Crippen molar-refractivity contribution in [3.05, 3.63) is 0 Å². The molecule has 0 aliphatic heterocycles. The summed E-state index contributed by atoms with van der Waals surface area (Å²) >= 11 is 3.17. The van der Waals surface area contributed by atoms with E-state index in [9.17, 15) is 9.59 Å². The van der Waals surface area contributed by atoms with E-state index >= 15 is 0 Å². The van der Waals surface area contributed by atoms with E-state index in [4.69, 9.17) is 0 Å². The standard InChI is InChI=1S/C16H30N2O2S2/c1-11(21-4)15(19)17-14-8-6-13(7-9-14)10-18(3)16(20)12(2)22-5/h11-14H,6-10H2,1-5H3,(H,17,19). The Morgan fingerprint density at radius 3 is 2.14 bits per heavy atom. The summed E-state index contributed by atoms with van der Waals surface area (Å²) in [4.78, 5) is 25.9. The zero-order valence-corrected chi connectivity index (χ0v) is 16.1. The van der Waals surface area contributed by atoms with Gasteiger partial charge in [-0.15, -0.1) is 0 Å². The van der Waals surface area contributed by atoms with Crippen LogP contribution in [0.4, 0.5) is 0 Å². The molecule has 2 unspecified atom stereocenters. The van der Waals surface area contributed by atoms with Gasteiger partial charge in [-0.3, -0.25) is 9.59 Å². The summed E-state index contributed by atoms with van der Waals surface area (Å²) < 4.78 is 0. The third-order valence-corrected chi connectivity index (χ3v) is 6.36. The topological polar surface area (TPSA) is 49.4 Å². The van der Waals surface area contributed by atoms with Crippen LogP contribution in [0.5, 0.6) is 0 Å². The van der Waals surface area contributed by atoms with Crippen LogP contribution in [-0.2, 0) is 9.59 Å². The molecule has 128 valence electrons. The molecule has 2 atom stereocenters. The number of nitrogens with zero attached hydrogens (tertiary/aromatic N) is 1. The largest absolute Gasteiger partial charge is 0.352 e. The Labute approximate surface area is 143 Å². The van der Waals surface area contributed by atoms with Crippen LogP contribution in [0.25, 0.3) is 0 Å². The molecule has 4 nitrogen and oxygen atoms in total. The fourth-order valence-electron chi connectivity index (χ4n) is 2.80. The van der Waals surface area contributed by atoms with Gasteiger partial charge in [0.15, 0.2) is 0 Å². The van der Waals surface area contributed by atoms with Gasteiger partial charge in [0.2, 0.25) is 11.8 Å². The summed E-state index contributed by atoms with van der Waals surface area (Å²) in [7, 11) is 1.91. The fourth-order valence-corrected chi connectivity index (χ4v) is 3.47. The summed E-state index contributed by atoms with van der Waals surface area (Å²) in [6.07, 6.45) is 8.16. The van der Waals surface area contributed by atoms with Crippen LogP contribution < -0.4 is 5.32 Å². The van der Waals surface area contributed by atoms with Crippen molar-refractivity contribution in [1.29, 1.82) is 0 Å². The second kappa shape index (κ2) is 9.71. The van der Waals surface area contributed by atoms with E-state index in [1.165, 1.54) is 0 Å². The lowest BCUT2D eigenvalue weighted by Gasteiger charge is -2.32. The molecular formula is C16H30N2O2S2. The summed E-state index contributed by atoms with van der Waals surface area (Å²) in [6, 6.07) is 0.310. The highest BCUT2D eigenvalue weighted by atomic mass is 32.2. The van der Waals surface area contributed by atoms with Crippen LogP contribution in [0.2, 0.25) is 0 Å². The SMILES string of the molecule is CSC(C)C(=O)NC1CCC(CN(C)C(=O)C(C)SC)CC1. The van der Waals surface area contributed by atoms with Gasteiger partial charge in [0.05, 0.1) is 10.5 Å². The lowest BCUT2D eigenvalue weighted by Crippen LogP contribution is -2.43. The number of hydrogen-bond donors (Lipinski definition) is 1. The molecule has 0 saturated heterocycles. The Balaban J connectivity index is 2.33. The summed E-state index contributed by atoms with van der Waals surface area (Å²) in [5.74, 6) is 0.933. The van der Waals surface area contributed by atoms with E-state index in [2.05, 4.69) is 5.32 Å². The predicted molar refractivity (Wildman–Crippen MR) is 97.5 cm³/mol. The first-order valence-electron chi connectivity index (χ1n) is 8.00. The van der Waals surface area contributed by atoms with Crippen molar-refractivity contribution < 1.29 is 9.59 Å². The zero-order valence-electron chi connectivity index (χ0n) is 14.4. The van der Waals surface area contributed by atoms with E-state index in [1.807, 2.05) is 38.3 Å². The monoisotopic (exact) mass is 346 g/mol. The molecule has 1 aliphatic rings. The first kappa shape index (κ1) is 19.7. The van der Waals surface area contributed by atoms with Crippen molar-refractivity contribution in [2.75, 3.05) is 26.1 Å². The van der Waals surface area contributed by atoms with Gasteiger partial charge in [0.1, 0.15) is 0 Å². The van der Waals surface area contributed by atoms with Gasteiger partial charge in [0, 0.05) is 19.6 Å². The molecule has 0 heterocycles. The number of thioether (sulfide) groups is 2. The van der Waals surface area contributed by atoms with Gasteiger partial charge in [0.25, 0.3) is 0 Å². The van der Waals surface area contributed by atoms with Crippen LogP contribution in [0.3, 0.4) is 0 Å². The van der Waals surface area contributed by atoms with Crippen LogP contribution >= 0.6 is 23.5 Å². The fraction of sp³-hybridized carbons (Fsp3) is 0.875. The van der Waals surface area contributed by atoms with Crippen LogP contribution in [0, 0.1) is 5.92 Å². The molecule has 1 aliphatic carbocycles. The molecule has 22 heavy (non-hydrogen) atoms. The van der Waals surface area contributed by atoms with Gasteiger partial charge in [-0.2, -0.15) is 23.5 Å². The second-order valence-electron chi connectivity index (χ2n) is 6.20. The van der Waals surface area contributed by atoms with Crippen molar-refractivity contribution in [3.63, 3.8) is 0 Å². The number of nitrogens with one attached hydrogen (secondary N) is 1. The average molecular weight is 347 g/mol. The van der Waals surface area contributed by atoms with Crippen molar-refractivity contribution in [2.24, 2.45) is 5.92 Å². The predicted octanol–water partition coefficient (Wildman–Crippen LogP) is 2.62. The van der Waals surface area contributed by atoms with Gasteiger partial charge in [-0.1, -0.05) is 0 Å². The second-order valence-corrected chi connectivity index (χ2v) is 8.56. The number of carbonyl (C=O) groups excluding carboxylic acids is 2. The number of carbonyl (C=O) groups is 2. The molecule has 0 aromatic heterocycles. The van der Waals surface area contributed by atoms with Gasteiger partial charge in [-0.05, 0) is 58.0 Å². The highest BCUT2D eigenvalue weighted by Gasteiger charge is 2.26. The zero-order chi connectivity index (χ0) is 16.7. The smallest absolute Gasteiger partial charge is 0.235 e. The summed E-state index contributed by atoms with van der Waals surface area (Å²) in [5.41, 5.74) is 0. The van der Waals surface area contributed by atoms with Crippen molar-refractivity contribution in [3.8, 4) is 0 Å². The molecule has 0 bridgehead atoms. The molecule has 0 aromatic rings. The molecule has 0 spiro atoms.